The second kappa shape index (κ2) is 6.39. The molecule has 1 unspecified atom stereocenters. The Hall–Kier alpha value is -1.03. The summed E-state index contributed by atoms with van der Waals surface area (Å²) >= 11 is 9.58. The quantitative estimate of drug-likeness (QED) is 0.847. The van der Waals surface area contributed by atoms with Crippen LogP contribution in [-0.2, 0) is 6.42 Å². The van der Waals surface area contributed by atoms with Gasteiger partial charge in [-0.05, 0) is 70.7 Å². The van der Waals surface area contributed by atoms with E-state index >= 15 is 0 Å². The second-order valence-corrected chi connectivity index (χ2v) is 6.48. The third-order valence-corrected chi connectivity index (χ3v) is 5.05. The fourth-order valence-corrected chi connectivity index (χ4v) is 3.29. The molecule has 0 spiro atoms. The van der Waals surface area contributed by atoms with Gasteiger partial charge in [0.25, 0.3) is 0 Å². The van der Waals surface area contributed by atoms with Crippen LogP contribution in [0.2, 0.25) is 5.02 Å². The van der Waals surface area contributed by atoms with E-state index in [1.807, 2.05) is 13.1 Å². The first-order valence-corrected chi connectivity index (χ1v) is 8.24. The molecule has 0 amide bonds. The summed E-state index contributed by atoms with van der Waals surface area (Å²) in [6.07, 6.45) is 2.18. The predicted octanol–water partition coefficient (Wildman–Crippen LogP) is 4.74. The maximum absolute atomic E-state index is 6.09. The van der Waals surface area contributed by atoms with Crippen LogP contribution in [0.3, 0.4) is 0 Å². The van der Waals surface area contributed by atoms with Gasteiger partial charge < -0.3 is 10.1 Å². The molecule has 0 aliphatic carbocycles. The summed E-state index contributed by atoms with van der Waals surface area (Å²) in [4.78, 5) is 0. The minimum absolute atomic E-state index is 0.144. The molecule has 21 heavy (non-hydrogen) atoms. The zero-order valence-corrected chi connectivity index (χ0v) is 14.2. The third-order valence-electron chi connectivity index (χ3n) is 3.83. The summed E-state index contributed by atoms with van der Waals surface area (Å²) in [5.41, 5.74) is 3.73. The van der Waals surface area contributed by atoms with Crippen molar-refractivity contribution in [1.29, 1.82) is 0 Å². The first kappa shape index (κ1) is 14.9. The number of hydrogen-bond donors (Lipinski definition) is 1. The second-order valence-electron chi connectivity index (χ2n) is 5.21. The van der Waals surface area contributed by atoms with E-state index in [9.17, 15) is 0 Å². The molecule has 0 aromatic heterocycles. The highest BCUT2D eigenvalue weighted by molar-refractivity contribution is 9.10. The van der Waals surface area contributed by atoms with Gasteiger partial charge in [-0.15, -0.1) is 0 Å². The summed E-state index contributed by atoms with van der Waals surface area (Å²) in [5.74, 6) is 1.03. The number of benzene rings is 2. The van der Waals surface area contributed by atoms with E-state index in [1.165, 1.54) is 16.7 Å². The molecular weight excluding hydrogens is 350 g/mol. The Labute approximate surface area is 138 Å². The Morgan fingerprint density at radius 3 is 2.71 bits per heavy atom. The summed E-state index contributed by atoms with van der Waals surface area (Å²) in [5, 5.41) is 4.11. The summed E-state index contributed by atoms with van der Waals surface area (Å²) in [6, 6.07) is 12.7. The van der Waals surface area contributed by atoms with E-state index in [0.29, 0.717) is 0 Å². The van der Waals surface area contributed by atoms with Crippen molar-refractivity contribution in [1.82, 2.24) is 5.32 Å². The monoisotopic (exact) mass is 365 g/mol. The zero-order chi connectivity index (χ0) is 14.8. The largest absolute Gasteiger partial charge is 0.493 e. The number of ether oxygens (including phenoxy) is 1. The summed E-state index contributed by atoms with van der Waals surface area (Å²) in [7, 11) is 1.98. The smallest absolute Gasteiger partial charge is 0.122 e. The van der Waals surface area contributed by atoms with Crippen LogP contribution in [0.5, 0.6) is 5.75 Å². The summed E-state index contributed by atoms with van der Waals surface area (Å²) < 4.78 is 6.61. The van der Waals surface area contributed by atoms with Crippen molar-refractivity contribution in [3.8, 4) is 5.75 Å². The van der Waals surface area contributed by atoms with E-state index in [0.717, 1.165) is 34.7 Å². The standard InChI is InChI=1S/C17H17BrClNO/c1-20-17(13-4-6-15(19)14(18)10-13)12-5-7-16-11(9-12)3-2-8-21-16/h4-7,9-10,17,20H,2-3,8H2,1H3. The fourth-order valence-electron chi connectivity index (χ4n) is 2.78. The van der Waals surface area contributed by atoms with E-state index in [1.54, 1.807) is 0 Å². The molecule has 2 aromatic carbocycles. The molecule has 0 saturated carbocycles. The first-order chi connectivity index (χ1) is 10.2. The Morgan fingerprint density at radius 1 is 1.19 bits per heavy atom. The SMILES string of the molecule is CNC(c1ccc(Cl)c(Br)c1)c1ccc2c(c1)CCCO2. The predicted molar refractivity (Wildman–Crippen MR) is 90.3 cm³/mol. The molecule has 0 fully saturated rings. The van der Waals surface area contributed by atoms with Gasteiger partial charge >= 0.3 is 0 Å². The first-order valence-electron chi connectivity index (χ1n) is 7.07. The van der Waals surface area contributed by atoms with Crippen LogP contribution in [0.1, 0.15) is 29.2 Å². The van der Waals surface area contributed by atoms with Gasteiger partial charge in [0.2, 0.25) is 0 Å². The molecule has 1 atom stereocenters. The lowest BCUT2D eigenvalue weighted by Gasteiger charge is -2.22. The zero-order valence-electron chi connectivity index (χ0n) is 11.8. The van der Waals surface area contributed by atoms with Crippen molar-refractivity contribution >= 4 is 27.5 Å². The van der Waals surface area contributed by atoms with Crippen LogP contribution in [0.25, 0.3) is 0 Å². The van der Waals surface area contributed by atoms with E-state index < -0.39 is 0 Å². The number of rotatable bonds is 3. The lowest BCUT2D eigenvalue weighted by molar-refractivity contribution is 0.288. The number of hydrogen-bond acceptors (Lipinski definition) is 2. The van der Waals surface area contributed by atoms with Crippen molar-refractivity contribution in [2.24, 2.45) is 0 Å². The lowest BCUT2D eigenvalue weighted by Crippen LogP contribution is -2.18. The van der Waals surface area contributed by atoms with Crippen LogP contribution in [0.4, 0.5) is 0 Å². The van der Waals surface area contributed by atoms with Crippen molar-refractivity contribution in [2.45, 2.75) is 18.9 Å². The van der Waals surface area contributed by atoms with Gasteiger partial charge in [0.15, 0.2) is 0 Å². The maximum Gasteiger partial charge on any atom is 0.122 e. The normalized spacial score (nSPS) is 15.2. The Kier molecular flexibility index (Phi) is 4.53. The molecule has 2 nitrogen and oxygen atoms in total. The Morgan fingerprint density at radius 2 is 1.95 bits per heavy atom. The number of aryl methyl sites for hydroxylation is 1. The Balaban J connectivity index is 1.97. The molecule has 4 heteroatoms. The topological polar surface area (TPSA) is 21.3 Å². The molecule has 2 aromatic rings. The van der Waals surface area contributed by atoms with Crippen molar-refractivity contribution in [3.05, 3.63) is 62.6 Å². The van der Waals surface area contributed by atoms with Gasteiger partial charge in [0, 0.05) is 4.47 Å². The highest BCUT2D eigenvalue weighted by Crippen LogP contribution is 2.32. The molecular formula is C17H17BrClNO. The van der Waals surface area contributed by atoms with Gasteiger partial charge in [-0.3, -0.25) is 0 Å². The van der Waals surface area contributed by atoms with Crippen LogP contribution in [-0.4, -0.2) is 13.7 Å². The molecule has 1 N–H and O–H groups in total. The highest BCUT2D eigenvalue weighted by atomic mass is 79.9. The van der Waals surface area contributed by atoms with Crippen LogP contribution >= 0.6 is 27.5 Å². The van der Waals surface area contributed by atoms with Gasteiger partial charge in [-0.2, -0.15) is 0 Å². The molecule has 0 bridgehead atoms. The fraction of sp³-hybridized carbons (Fsp3) is 0.294. The van der Waals surface area contributed by atoms with Crippen LogP contribution in [0.15, 0.2) is 40.9 Å². The highest BCUT2D eigenvalue weighted by Gasteiger charge is 2.17. The average molecular weight is 367 g/mol. The molecule has 3 rings (SSSR count). The van der Waals surface area contributed by atoms with Crippen LogP contribution < -0.4 is 10.1 Å². The Bertz CT molecular complexity index is 659. The van der Waals surface area contributed by atoms with Crippen molar-refractivity contribution in [3.63, 3.8) is 0 Å². The number of fused-ring (bicyclic) bond motifs is 1. The minimum atomic E-state index is 0.144. The van der Waals surface area contributed by atoms with Gasteiger partial charge in [0.1, 0.15) is 5.75 Å². The van der Waals surface area contributed by atoms with Gasteiger partial charge in [-0.25, -0.2) is 0 Å². The van der Waals surface area contributed by atoms with Crippen LogP contribution in [0, 0.1) is 0 Å². The molecule has 110 valence electrons. The number of halogens is 2. The molecule has 1 aliphatic rings. The van der Waals surface area contributed by atoms with E-state index in [-0.39, 0.29) is 6.04 Å². The van der Waals surface area contributed by atoms with Crippen molar-refractivity contribution < 1.29 is 4.74 Å². The minimum Gasteiger partial charge on any atom is -0.493 e. The molecule has 0 radical (unpaired) electrons. The molecule has 1 heterocycles. The lowest BCUT2D eigenvalue weighted by atomic mass is 9.95. The maximum atomic E-state index is 6.09. The van der Waals surface area contributed by atoms with Gasteiger partial charge in [-0.1, -0.05) is 29.8 Å². The molecule has 0 saturated heterocycles. The van der Waals surface area contributed by atoms with Crippen molar-refractivity contribution in [2.75, 3.05) is 13.7 Å². The average Bonchev–Trinajstić information content (AvgIpc) is 2.51. The molecule has 1 aliphatic heterocycles. The van der Waals surface area contributed by atoms with E-state index in [4.69, 9.17) is 16.3 Å². The van der Waals surface area contributed by atoms with E-state index in [2.05, 4.69) is 51.6 Å². The summed E-state index contributed by atoms with van der Waals surface area (Å²) in [6.45, 7) is 0.825. The number of nitrogens with one attached hydrogen (secondary N) is 1. The third kappa shape index (κ3) is 3.10. The van der Waals surface area contributed by atoms with Gasteiger partial charge in [0.05, 0.1) is 17.7 Å².